The van der Waals surface area contributed by atoms with Crippen molar-refractivity contribution in [2.24, 2.45) is 0 Å². The van der Waals surface area contributed by atoms with Gasteiger partial charge in [-0.05, 0) is 30.3 Å². The summed E-state index contributed by atoms with van der Waals surface area (Å²) in [6, 6.07) is 12.6. The molecule has 2 aromatic carbocycles. The summed E-state index contributed by atoms with van der Waals surface area (Å²) in [5, 5.41) is 5.27. The molecule has 3 aromatic rings. The molecule has 25 heavy (non-hydrogen) atoms. The van der Waals surface area contributed by atoms with Crippen molar-refractivity contribution in [3.63, 3.8) is 0 Å². The van der Waals surface area contributed by atoms with Crippen LogP contribution in [0, 0.1) is 0 Å². The number of hydrogen-bond acceptors (Lipinski definition) is 3. The van der Waals surface area contributed by atoms with E-state index in [0.717, 1.165) is 5.69 Å². The van der Waals surface area contributed by atoms with Gasteiger partial charge in [-0.1, -0.05) is 35.3 Å². The smallest absolute Gasteiger partial charge is 0.261 e. The minimum absolute atomic E-state index is 0.132. The molecule has 0 N–H and O–H groups in total. The maximum absolute atomic E-state index is 12.9. The highest BCUT2D eigenvalue weighted by Gasteiger charge is 2.25. The Morgan fingerprint density at radius 1 is 1.12 bits per heavy atom. The van der Waals surface area contributed by atoms with Crippen LogP contribution in [0.1, 0.15) is 10.4 Å². The third-order valence-electron chi connectivity index (χ3n) is 3.96. The Hall–Kier alpha value is -2.50. The van der Waals surface area contributed by atoms with Crippen molar-refractivity contribution < 1.29 is 9.53 Å². The molecule has 7 heteroatoms. The number of amides is 1. The number of fused-ring (bicyclic) bond motifs is 1. The summed E-state index contributed by atoms with van der Waals surface area (Å²) in [5.74, 6) is 0.572. The van der Waals surface area contributed by atoms with E-state index in [1.165, 1.54) is 6.20 Å². The largest absolute Gasteiger partial charge is 0.490 e. The Bertz CT molecular complexity index is 955. The lowest BCUT2D eigenvalue weighted by Gasteiger charge is -2.29. The van der Waals surface area contributed by atoms with Gasteiger partial charge in [0.2, 0.25) is 0 Å². The first-order chi connectivity index (χ1) is 12.1. The third-order valence-corrected chi connectivity index (χ3v) is 4.50. The van der Waals surface area contributed by atoms with Gasteiger partial charge < -0.3 is 9.64 Å². The predicted octanol–water partition coefficient (Wildman–Crippen LogP) is 4.22. The van der Waals surface area contributed by atoms with E-state index in [1.54, 1.807) is 34.0 Å². The standard InChI is InChI=1S/C18H13Cl2N3O2/c19-13-5-6-15(14(20)9-13)23-11-12(10-21-23)18(24)22-7-8-25-17-4-2-1-3-16(17)22/h1-6,9-11H,7-8H2. The molecule has 1 aliphatic rings. The average molecular weight is 374 g/mol. The summed E-state index contributed by atoms with van der Waals surface area (Å²) in [4.78, 5) is 14.6. The maximum Gasteiger partial charge on any atom is 0.261 e. The highest BCUT2D eigenvalue weighted by atomic mass is 35.5. The van der Waals surface area contributed by atoms with Gasteiger partial charge in [0.1, 0.15) is 12.4 Å². The Balaban J connectivity index is 1.66. The van der Waals surface area contributed by atoms with Gasteiger partial charge in [-0.3, -0.25) is 4.79 Å². The lowest BCUT2D eigenvalue weighted by Crippen LogP contribution is -2.37. The van der Waals surface area contributed by atoms with E-state index >= 15 is 0 Å². The highest BCUT2D eigenvalue weighted by molar-refractivity contribution is 6.35. The van der Waals surface area contributed by atoms with Crippen LogP contribution >= 0.6 is 23.2 Å². The monoisotopic (exact) mass is 373 g/mol. The van der Waals surface area contributed by atoms with Gasteiger partial charge in [0.15, 0.2) is 0 Å². The fourth-order valence-electron chi connectivity index (χ4n) is 2.77. The molecule has 0 aliphatic carbocycles. The quantitative estimate of drug-likeness (QED) is 0.675. The number of hydrogen-bond donors (Lipinski definition) is 0. The summed E-state index contributed by atoms with van der Waals surface area (Å²) in [5.41, 5.74) is 1.89. The lowest BCUT2D eigenvalue weighted by molar-refractivity contribution is 0.0976. The fraction of sp³-hybridized carbons (Fsp3) is 0.111. The predicted molar refractivity (Wildman–Crippen MR) is 97.2 cm³/mol. The van der Waals surface area contributed by atoms with Crippen LogP contribution < -0.4 is 9.64 Å². The van der Waals surface area contributed by atoms with Crippen molar-refractivity contribution in [1.29, 1.82) is 0 Å². The number of anilines is 1. The van der Waals surface area contributed by atoms with E-state index in [0.29, 0.717) is 40.2 Å². The van der Waals surface area contributed by atoms with Gasteiger partial charge in [-0.2, -0.15) is 5.10 Å². The molecule has 5 nitrogen and oxygen atoms in total. The zero-order valence-electron chi connectivity index (χ0n) is 13.0. The van der Waals surface area contributed by atoms with Gasteiger partial charge in [0, 0.05) is 11.2 Å². The Labute approximate surface area is 154 Å². The van der Waals surface area contributed by atoms with E-state index in [1.807, 2.05) is 24.3 Å². The minimum Gasteiger partial charge on any atom is -0.490 e. The first-order valence-corrected chi connectivity index (χ1v) is 8.43. The van der Waals surface area contributed by atoms with Gasteiger partial charge >= 0.3 is 0 Å². The molecule has 1 aliphatic heterocycles. The van der Waals surface area contributed by atoms with Crippen molar-refractivity contribution in [3.8, 4) is 11.4 Å². The molecular formula is C18H13Cl2N3O2. The van der Waals surface area contributed by atoms with E-state index in [2.05, 4.69) is 5.10 Å². The van der Waals surface area contributed by atoms with Crippen LogP contribution in [-0.4, -0.2) is 28.8 Å². The normalized spacial score (nSPS) is 13.3. The molecule has 0 atom stereocenters. The minimum atomic E-state index is -0.132. The Kier molecular flexibility index (Phi) is 4.11. The molecule has 2 heterocycles. The first kappa shape index (κ1) is 16.0. The molecule has 1 amide bonds. The molecule has 0 bridgehead atoms. The van der Waals surface area contributed by atoms with Crippen LogP contribution in [0.3, 0.4) is 0 Å². The number of para-hydroxylation sites is 2. The van der Waals surface area contributed by atoms with Crippen LogP contribution in [0.2, 0.25) is 10.0 Å². The van der Waals surface area contributed by atoms with Crippen LogP contribution in [-0.2, 0) is 0 Å². The van der Waals surface area contributed by atoms with Crippen molar-refractivity contribution in [2.75, 3.05) is 18.1 Å². The molecule has 0 fully saturated rings. The molecule has 0 unspecified atom stereocenters. The number of benzene rings is 2. The second kappa shape index (κ2) is 6.43. The number of aromatic nitrogens is 2. The summed E-state index contributed by atoms with van der Waals surface area (Å²) in [6.07, 6.45) is 3.20. The van der Waals surface area contributed by atoms with Crippen molar-refractivity contribution in [3.05, 3.63) is 70.5 Å². The summed E-state index contributed by atoms with van der Waals surface area (Å²) in [7, 11) is 0. The van der Waals surface area contributed by atoms with E-state index < -0.39 is 0 Å². The SMILES string of the molecule is O=C(c1cnn(-c2ccc(Cl)cc2Cl)c1)N1CCOc2ccccc21. The first-order valence-electron chi connectivity index (χ1n) is 7.67. The lowest BCUT2D eigenvalue weighted by atomic mass is 10.2. The second-order valence-corrected chi connectivity index (χ2v) is 6.39. The van der Waals surface area contributed by atoms with E-state index in [9.17, 15) is 4.79 Å². The topological polar surface area (TPSA) is 47.4 Å². The molecule has 1 aromatic heterocycles. The number of rotatable bonds is 2. The zero-order valence-corrected chi connectivity index (χ0v) is 14.5. The maximum atomic E-state index is 12.9. The molecule has 0 saturated carbocycles. The van der Waals surface area contributed by atoms with Crippen LogP contribution in [0.4, 0.5) is 5.69 Å². The Morgan fingerprint density at radius 3 is 2.80 bits per heavy atom. The van der Waals surface area contributed by atoms with Gasteiger partial charge in [0.05, 0.1) is 34.7 Å². The van der Waals surface area contributed by atoms with Crippen molar-refractivity contribution in [2.45, 2.75) is 0 Å². The van der Waals surface area contributed by atoms with Gasteiger partial charge in [-0.15, -0.1) is 0 Å². The molecule has 4 rings (SSSR count). The molecular weight excluding hydrogens is 361 g/mol. The number of carbonyl (C=O) groups is 1. The fourth-order valence-corrected chi connectivity index (χ4v) is 3.26. The molecule has 0 spiro atoms. The van der Waals surface area contributed by atoms with Crippen LogP contribution in [0.5, 0.6) is 5.75 Å². The highest BCUT2D eigenvalue weighted by Crippen LogP contribution is 2.32. The number of halogens is 2. The number of carbonyl (C=O) groups excluding carboxylic acids is 1. The summed E-state index contributed by atoms with van der Waals surface area (Å²) >= 11 is 12.1. The van der Waals surface area contributed by atoms with Crippen molar-refractivity contribution >= 4 is 34.8 Å². The summed E-state index contributed by atoms with van der Waals surface area (Å²) in [6.45, 7) is 0.947. The summed E-state index contributed by atoms with van der Waals surface area (Å²) < 4.78 is 7.16. The molecule has 126 valence electrons. The second-order valence-electron chi connectivity index (χ2n) is 5.54. The number of ether oxygens (including phenoxy) is 1. The van der Waals surface area contributed by atoms with E-state index in [4.69, 9.17) is 27.9 Å². The van der Waals surface area contributed by atoms with Gasteiger partial charge in [0.25, 0.3) is 5.91 Å². The van der Waals surface area contributed by atoms with Crippen molar-refractivity contribution in [1.82, 2.24) is 9.78 Å². The molecule has 0 radical (unpaired) electrons. The third kappa shape index (κ3) is 2.97. The number of nitrogens with zero attached hydrogens (tertiary/aromatic N) is 3. The van der Waals surface area contributed by atoms with Crippen LogP contribution in [0.15, 0.2) is 54.9 Å². The van der Waals surface area contributed by atoms with Crippen LogP contribution in [0.25, 0.3) is 5.69 Å². The Morgan fingerprint density at radius 2 is 1.96 bits per heavy atom. The van der Waals surface area contributed by atoms with Gasteiger partial charge in [-0.25, -0.2) is 4.68 Å². The average Bonchev–Trinajstić information content (AvgIpc) is 3.10. The zero-order chi connectivity index (χ0) is 17.4. The molecule has 0 saturated heterocycles. The van der Waals surface area contributed by atoms with E-state index in [-0.39, 0.29) is 5.91 Å².